The van der Waals surface area contributed by atoms with Crippen LogP contribution in [-0.2, 0) is 13.0 Å². The van der Waals surface area contributed by atoms with Gasteiger partial charge in [-0.25, -0.2) is 4.98 Å². The van der Waals surface area contributed by atoms with Gasteiger partial charge in [-0.1, -0.05) is 6.07 Å². The van der Waals surface area contributed by atoms with Crippen LogP contribution in [-0.4, -0.2) is 23.6 Å². The van der Waals surface area contributed by atoms with Gasteiger partial charge in [-0.3, -0.25) is 0 Å². The Hall–Kier alpha value is -1.92. The molecule has 0 radical (unpaired) electrons. The number of aromatic nitrogens is 2. The molecule has 5 nitrogen and oxygen atoms in total. The minimum atomic E-state index is 0.498. The SMILES string of the molecule is COc1cccc(Nc2nc(=S)[nH]c3c2CCNC3)c1. The molecule has 1 aliphatic rings. The fraction of sp³-hybridized carbons (Fsp3) is 0.286. The van der Waals surface area contributed by atoms with Gasteiger partial charge in [0.2, 0.25) is 0 Å². The van der Waals surface area contributed by atoms with Crippen LogP contribution in [0.2, 0.25) is 0 Å². The van der Waals surface area contributed by atoms with Crippen molar-refractivity contribution in [3.8, 4) is 5.75 Å². The summed E-state index contributed by atoms with van der Waals surface area (Å²) in [6.45, 7) is 1.75. The molecule has 0 saturated carbocycles. The number of ether oxygens (including phenoxy) is 1. The predicted molar refractivity (Wildman–Crippen MR) is 81.1 cm³/mol. The number of H-pyrrole nitrogens is 1. The Morgan fingerprint density at radius 3 is 3.15 bits per heavy atom. The summed E-state index contributed by atoms with van der Waals surface area (Å²) in [4.78, 5) is 7.57. The first-order valence-electron chi connectivity index (χ1n) is 6.50. The van der Waals surface area contributed by atoms with E-state index in [1.165, 1.54) is 5.56 Å². The third-order valence-corrected chi connectivity index (χ3v) is 3.50. The van der Waals surface area contributed by atoms with E-state index in [1.807, 2.05) is 24.3 Å². The van der Waals surface area contributed by atoms with E-state index in [1.54, 1.807) is 7.11 Å². The maximum absolute atomic E-state index is 5.23. The van der Waals surface area contributed by atoms with Crippen LogP contribution in [0.25, 0.3) is 0 Å². The summed E-state index contributed by atoms with van der Waals surface area (Å²) in [5.74, 6) is 1.64. The Balaban J connectivity index is 1.97. The lowest BCUT2D eigenvalue weighted by Gasteiger charge is -2.20. The minimum Gasteiger partial charge on any atom is -0.497 e. The maximum Gasteiger partial charge on any atom is 0.199 e. The summed E-state index contributed by atoms with van der Waals surface area (Å²) < 4.78 is 5.73. The molecular formula is C14H16N4OS. The predicted octanol–water partition coefficient (Wildman–Crippen LogP) is 2.54. The quantitative estimate of drug-likeness (QED) is 0.758. The number of fused-ring (bicyclic) bond motifs is 1. The monoisotopic (exact) mass is 288 g/mol. The molecule has 2 heterocycles. The number of rotatable bonds is 3. The summed E-state index contributed by atoms with van der Waals surface area (Å²) in [5, 5.41) is 6.67. The summed E-state index contributed by atoms with van der Waals surface area (Å²) in [5.41, 5.74) is 3.25. The zero-order valence-corrected chi connectivity index (χ0v) is 12.0. The van der Waals surface area contributed by atoms with Gasteiger partial charge in [-0.15, -0.1) is 0 Å². The third-order valence-electron chi connectivity index (χ3n) is 3.31. The van der Waals surface area contributed by atoms with Crippen LogP contribution >= 0.6 is 12.2 Å². The normalized spacial score (nSPS) is 13.7. The smallest absolute Gasteiger partial charge is 0.199 e. The van der Waals surface area contributed by atoms with Gasteiger partial charge in [0.15, 0.2) is 4.77 Å². The van der Waals surface area contributed by atoms with Crippen molar-refractivity contribution in [2.45, 2.75) is 13.0 Å². The first-order valence-corrected chi connectivity index (χ1v) is 6.91. The van der Waals surface area contributed by atoms with Gasteiger partial charge in [-0.2, -0.15) is 0 Å². The first-order chi connectivity index (χ1) is 9.76. The second kappa shape index (κ2) is 5.60. The highest BCUT2D eigenvalue weighted by Crippen LogP contribution is 2.25. The molecule has 0 bridgehead atoms. The highest BCUT2D eigenvalue weighted by molar-refractivity contribution is 7.71. The molecule has 0 amide bonds. The molecule has 2 aromatic rings. The van der Waals surface area contributed by atoms with E-state index in [2.05, 4.69) is 20.6 Å². The molecule has 3 rings (SSSR count). The Bertz CT molecular complexity index is 683. The van der Waals surface area contributed by atoms with E-state index < -0.39 is 0 Å². The summed E-state index contributed by atoms with van der Waals surface area (Å²) in [7, 11) is 1.66. The van der Waals surface area contributed by atoms with E-state index in [-0.39, 0.29) is 0 Å². The van der Waals surface area contributed by atoms with Gasteiger partial charge in [0.1, 0.15) is 11.6 Å². The van der Waals surface area contributed by atoms with Crippen molar-refractivity contribution in [2.75, 3.05) is 19.0 Å². The molecule has 0 aliphatic carbocycles. The van der Waals surface area contributed by atoms with Gasteiger partial charge >= 0.3 is 0 Å². The number of anilines is 2. The second-order valence-corrected chi connectivity index (χ2v) is 5.02. The van der Waals surface area contributed by atoms with E-state index >= 15 is 0 Å². The van der Waals surface area contributed by atoms with Gasteiger partial charge in [0.05, 0.1) is 7.11 Å². The molecule has 3 N–H and O–H groups in total. The van der Waals surface area contributed by atoms with Crippen LogP contribution in [0.15, 0.2) is 24.3 Å². The van der Waals surface area contributed by atoms with Crippen LogP contribution in [0.1, 0.15) is 11.3 Å². The molecular weight excluding hydrogens is 272 g/mol. The average Bonchev–Trinajstić information content (AvgIpc) is 2.47. The summed E-state index contributed by atoms with van der Waals surface area (Å²) in [6.07, 6.45) is 0.931. The van der Waals surface area contributed by atoms with E-state index in [9.17, 15) is 0 Å². The van der Waals surface area contributed by atoms with Crippen molar-refractivity contribution in [2.24, 2.45) is 0 Å². The van der Waals surface area contributed by atoms with Crippen LogP contribution in [0.3, 0.4) is 0 Å². The lowest BCUT2D eigenvalue weighted by Crippen LogP contribution is -2.26. The Morgan fingerprint density at radius 1 is 1.40 bits per heavy atom. The summed E-state index contributed by atoms with van der Waals surface area (Å²) >= 11 is 5.19. The molecule has 1 aliphatic heterocycles. The Kier molecular flexibility index (Phi) is 3.66. The van der Waals surface area contributed by atoms with E-state index in [0.29, 0.717) is 4.77 Å². The molecule has 0 atom stereocenters. The fourth-order valence-electron chi connectivity index (χ4n) is 2.33. The highest BCUT2D eigenvalue weighted by atomic mass is 32.1. The third kappa shape index (κ3) is 2.66. The summed E-state index contributed by atoms with van der Waals surface area (Å²) in [6, 6.07) is 7.78. The van der Waals surface area contributed by atoms with Crippen molar-refractivity contribution in [3.05, 3.63) is 40.3 Å². The van der Waals surface area contributed by atoms with Gasteiger partial charge in [0, 0.05) is 29.6 Å². The van der Waals surface area contributed by atoms with Crippen LogP contribution in [0, 0.1) is 4.77 Å². The van der Waals surface area contributed by atoms with Crippen LogP contribution in [0.4, 0.5) is 11.5 Å². The number of hydrogen-bond donors (Lipinski definition) is 3. The molecule has 0 unspecified atom stereocenters. The van der Waals surface area contributed by atoms with Crippen molar-refractivity contribution in [1.82, 2.24) is 15.3 Å². The number of hydrogen-bond acceptors (Lipinski definition) is 5. The molecule has 104 valence electrons. The average molecular weight is 288 g/mol. The molecule has 0 fully saturated rings. The zero-order valence-electron chi connectivity index (χ0n) is 11.2. The number of methoxy groups -OCH3 is 1. The molecule has 1 aromatic carbocycles. The van der Waals surface area contributed by atoms with Gasteiger partial charge in [0.25, 0.3) is 0 Å². The minimum absolute atomic E-state index is 0.498. The van der Waals surface area contributed by atoms with E-state index in [4.69, 9.17) is 17.0 Å². The zero-order chi connectivity index (χ0) is 13.9. The standard InChI is InChI=1S/C14H16N4OS/c1-19-10-4-2-3-9(7-10)16-13-11-5-6-15-8-12(11)17-14(20)18-13/h2-4,7,15H,5-6,8H2,1H3,(H2,16,17,18,20). The lowest BCUT2D eigenvalue weighted by molar-refractivity contribution is 0.415. The number of nitrogens with one attached hydrogen (secondary N) is 3. The fourth-order valence-corrected chi connectivity index (χ4v) is 2.55. The number of aromatic amines is 1. The van der Waals surface area contributed by atoms with Crippen LogP contribution < -0.4 is 15.4 Å². The highest BCUT2D eigenvalue weighted by Gasteiger charge is 2.15. The lowest BCUT2D eigenvalue weighted by atomic mass is 10.1. The molecule has 0 spiro atoms. The van der Waals surface area contributed by atoms with Gasteiger partial charge in [-0.05, 0) is 37.3 Å². The van der Waals surface area contributed by atoms with Crippen molar-refractivity contribution in [3.63, 3.8) is 0 Å². The Labute approximate surface area is 122 Å². The molecule has 6 heteroatoms. The van der Waals surface area contributed by atoms with Crippen molar-refractivity contribution >= 4 is 23.7 Å². The van der Waals surface area contributed by atoms with E-state index in [0.717, 1.165) is 42.5 Å². The topological polar surface area (TPSA) is 62.0 Å². The largest absolute Gasteiger partial charge is 0.497 e. The number of nitrogens with zero attached hydrogens (tertiary/aromatic N) is 1. The maximum atomic E-state index is 5.23. The van der Waals surface area contributed by atoms with Gasteiger partial charge < -0.3 is 20.4 Å². The number of benzene rings is 1. The molecule has 20 heavy (non-hydrogen) atoms. The molecule has 0 saturated heterocycles. The first kappa shape index (κ1) is 13.1. The van der Waals surface area contributed by atoms with Crippen LogP contribution in [0.5, 0.6) is 5.75 Å². The molecule has 1 aromatic heterocycles. The second-order valence-electron chi connectivity index (χ2n) is 4.63. The van der Waals surface area contributed by atoms with Crippen molar-refractivity contribution in [1.29, 1.82) is 0 Å². The van der Waals surface area contributed by atoms with Crippen molar-refractivity contribution < 1.29 is 4.74 Å². The Morgan fingerprint density at radius 2 is 2.30 bits per heavy atom.